The fraction of sp³-hybridized carbons (Fsp3) is 0.0667. The van der Waals surface area contributed by atoms with Gasteiger partial charge in [-0.1, -0.05) is 18.2 Å². The molecule has 0 saturated heterocycles. The fourth-order valence-corrected chi connectivity index (χ4v) is 1.72. The zero-order chi connectivity index (χ0) is 13.7. The number of benzene rings is 1. The minimum Gasteiger partial charge on any atom is -0.477 e. The summed E-state index contributed by atoms with van der Waals surface area (Å²) in [5, 5.41) is 8.82. The molecule has 0 fully saturated rings. The number of carboxylic acids is 1. The molecule has 4 heteroatoms. The Morgan fingerprint density at radius 1 is 1.16 bits per heavy atom. The molecular weight excluding hydrogens is 245 g/mol. The zero-order valence-corrected chi connectivity index (χ0v) is 10.2. The molecule has 0 atom stereocenters. The Balaban J connectivity index is 2.28. The Labute approximate surface area is 110 Å². The molecule has 0 aliphatic heterocycles. The molecule has 19 heavy (non-hydrogen) atoms. The molecule has 0 aliphatic rings. The number of hydrogen-bond donors (Lipinski definition) is 1. The van der Waals surface area contributed by atoms with Gasteiger partial charge >= 0.3 is 5.97 Å². The molecule has 0 radical (unpaired) electrons. The molecule has 1 N–H and O–H groups in total. The Bertz CT molecular complexity index is 623. The van der Waals surface area contributed by atoms with Gasteiger partial charge in [0.15, 0.2) is 6.20 Å². The van der Waals surface area contributed by atoms with E-state index in [2.05, 4.69) is 0 Å². The zero-order valence-electron chi connectivity index (χ0n) is 10.2. The molecule has 0 unspecified atom stereocenters. The monoisotopic (exact) mass is 258 g/mol. The third-order valence-electron chi connectivity index (χ3n) is 2.62. The van der Waals surface area contributed by atoms with Crippen molar-refractivity contribution in [3.63, 3.8) is 0 Å². The fourth-order valence-electron chi connectivity index (χ4n) is 1.72. The van der Waals surface area contributed by atoms with Crippen LogP contribution < -0.4 is 4.57 Å². The van der Waals surface area contributed by atoms with Crippen molar-refractivity contribution in [1.29, 1.82) is 0 Å². The standard InChI is InChI=1S/C15H12FNO2/c16-14-7-2-1-5-12(14)8-9-13-6-3-4-10-17(13)11-15(18)19/h1-10H,11H2/p+1/b9-8+. The molecule has 0 aliphatic carbocycles. The topological polar surface area (TPSA) is 41.2 Å². The van der Waals surface area contributed by atoms with Crippen LogP contribution in [-0.4, -0.2) is 11.1 Å². The lowest BCUT2D eigenvalue weighted by Gasteiger charge is -1.98. The van der Waals surface area contributed by atoms with Crippen molar-refractivity contribution in [3.05, 3.63) is 65.7 Å². The van der Waals surface area contributed by atoms with Gasteiger partial charge in [0.2, 0.25) is 12.2 Å². The third-order valence-corrected chi connectivity index (χ3v) is 2.62. The van der Waals surface area contributed by atoms with Crippen molar-refractivity contribution in [2.45, 2.75) is 6.54 Å². The van der Waals surface area contributed by atoms with Crippen LogP contribution in [0.2, 0.25) is 0 Å². The van der Waals surface area contributed by atoms with E-state index in [-0.39, 0.29) is 12.4 Å². The van der Waals surface area contributed by atoms with Gasteiger partial charge < -0.3 is 5.11 Å². The summed E-state index contributed by atoms with van der Waals surface area (Å²) in [6.45, 7) is -0.127. The Morgan fingerprint density at radius 3 is 2.63 bits per heavy atom. The second kappa shape index (κ2) is 5.91. The lowest BCUT2D eigenvalue weighted by molar-refractivity contribution is -0.687. The largest absolute Gasteiger partial charge is 0.477 e. The number of pyridine rings is 1. The second-order valence-electron chi connectivity index (χ2n) is 4.00. The third kappa shape index (κ3) is 3.48. The van der Waals surface area contributed by atoms with Crippen molar-refractivity contribution >= 4 is 18.1 Å². The average molecular weight is 258 g/mol. The van der Waals surface area contributed by atoms with Crippen LogP contribution in [0.1, 0.15) is 11.3 Å². The molecule has 1 heterocycles. The second-order valence-corrected chi connectivity index (χ2v) is 4.00. The van der Waals surface area contributed by atoms with Crippen LogP contribution in [0.25, 0.3) is 12.2 Å². The Morgan fingerprint density at radius 2 is 1.89 bits per heavy atom. The van der Waals surface area contributed by atoms with Crippen LogP contribution in [0.3, 0.4) is 0 Å². The van der Waals surface area contributed by atoms with E-state index in [1.54, 1.807) is 59.3 Å². The van der Waals surface area contributed by atoms with Gasteiger partial charge in [0, 0.05) is 23.8 Å². The first kappa shape index (κ1) is 13.0. The number of nitrogens with zero attached hydrogens (tertiary/aromatic N) is 1. The number of hydrogen-bond acceptors (Lipinski definition) is 1. The lowest BCUT2D eigenvalue weighted by Crippen LogP contribution is -2.40. The van der Waals surface area contributed by atoms with Crippen LogP contribution in [0, 0.1) is 5.82 Å². The van der Waals surface area contributed by atoms with Gasteiger partial charge in [-0.25, -0.2) is 9.18 Å². The molecule has 1 aromatic carbocycles. The minimum atomic E-state index is -0.920. The number of aliphatic carboxylic acids is 1. The first-order valence-corrected chi connectivity index (χ1v) is 5.80. The summed E-state index contributed by atoms with van der Waals surface area (Å²) in [5.74, 6) is -1.23. The van der Waals surface area contributed by atoms with Gasteiger partial charge in [-0.05, 0) is 18.2 Å². The van der Waals surface area contributed by atoms with E-state index < -0.39 is 5.97 Å². The summed E-state index contributed by atoms with van der Waals surface area (Å²) in [7, 11) is 0. The number of rotatable bonds is 4. The summed E-state index contributed by atoms with van der Waals surface area (Å²) >= 11 is 0. The van der Waals surface area contributed by atoms with Gasteiger partial charge in [0.05, 0.1) is 0 Å². The highest BCUT2D eigenvalue weighted by atomic mass is 19.1. The molecule has 0 saturated carbocycles. The highest BCUT2D eigenvalue weighted by Gasteiger charge is 2.10. The quantitative estimate of drug-likeness (QED) is 0.855. The first-order chi connectivity index (χ1) is 9.16. The highest BCUT2D eigenvalue weighted by Crippen LogP contribution is 2.10. The SMILES string of the molecule is O=C(O)C[n+]1ccccc1/C=C/c1ccccc1F. The Kier molecular flexibility index (Phi) is 4.03. The van der Waals surface area contributed by atoms with Gasteiger partial charge in [0.25, 0.3) is 0 Å². The van der Waals surface area contributed by atoms with Crippen molar-refractivity contribution < 1.29 is 18.9 Å². The summed E-state index contributed by atoms with van der Waals surface area (Å²) < 4.78 is 15.0. The molecule has 0 bridgehead atoms. The minimum absolute atomic E-state index is 0.127. The maximum atomic E-state index is 13.5. The van der Waals surface area contributed by atoms with E-state index in [9.17, 15) is 9.18 Å². The summed E-state index contributed by atoms with van der Waals surface area (Å²) in [5.41, 5.74) is 1.17. The predicted octanol–water partition coefficient (Wildman–Crippen LogP) is 2.37. The Hall–Kier alpha value is -2.49. The lowest BCUT2D eigenvalue weighted by atomic mass is 10.2. The van der Waals surface area contributed by atoms with Crippen molar-refractivity contribution in [2.75, 3.05) is 0 Å². The van der Waals surface area contributed by atoms with Gasteiger partial charge in [-0.2, -0.15) is 4.57 Å². The van der Waals surface area contributed by atoms with Crippen LogP contribution in [0.5, 0.6) is 0 Å². The van der Waals surface area contributed by atoms with E-state index in [1.807, 2.05) is 0 Å². The van der Waals surface area contributed by atoms with Crippen LogP contribution >= 0.6 is 0 Å². The first-order valence-electron chi connectivity index (χ1n) is 5.80. The molecule has 0 spiro atoms. The molecule has 3 nitrogen and oxygen atoms in total. The predicted molar refractivity (Wildman–Crippen MR) is 69.6 cm³/mol. The highest BCUT2D eigenvalue weighted by molar-refractivity contribution is 5.68. The van der Waals surface area contributed by atoms with Gasteiger partial charge in [-0.3, -0.25) is 0 Å². The average Bonchev–Trinajstić information content (AvgIpc) is 2.39. The van der Waals surface area contributed by atoms with E-state index in [0.717, 1.165) is 0 Å². The summed E-state index contributed by atoms with van der Waals surface area (Å²) in [4.78, 5) is 10.7. The molecule has 2 rings (SSSR count). The van der Waals surface area contributed by atoms with E-state index in [4.69, 9.17) is 5.11 Å². The summed E-state index contributed by atoms with van der Waals surface area (Å²) in [6, 6.07) is 11.8. The molecule has 96 valence electrons. The van der Waals surface area contributed by atoms with Gasteiger partial charge in [0.1, 0.15) is 5.82 Å². The number of halogens is 1. The van der Waals surface area contributed by atoms with E-state index in [0.29, 0.717) is 11.3 Å². The van der Waals surface area contributed by atoms with Crippen LogP contribution in [-0.2, 0) is 11.3 Å². The number of aromatic nitrogens is 1. The molecule has 2 aromatic rings. The smallest absolute Gasteiger partial charge is 0.370 e. The van der Waals surface area contributed by atoms with Crippen molar-refractivity contribution in [2.24, 2.45) is 0 Å². The van der Waals surface area contributed by atoms with Crippen molar-refractivity contribution in [1.82, 2.24) is 0 Å². The number of carboxylic acid groups (broad SMARTS) is 1. The van der Waals surface area contributed by atoms with Crippen LogP contribution in [0.4, 0.5) is 4.39 Å². The van der Waals surface area contributed by atoms with E-state index in [1.165, 1.54) is 6.07 Å². The summed E-state index contributed by atoms with van der Waals surface area (Å²) in [6.07, 6.45) is 5.00. The normalized spacial score (nSPS) is 10.8. The number of carbonyl (C=O) groups is 1. The van der Waals surface area contributed by atoms with Gasteiger partial charge in [-0.15, -0.1) is 0 Å². The molecule has 0 amide bonds. The molecule has 1 aromatic heterocycles. The van der Waals surface area contributed by atoms with Crippen molar-refractivity contribution in [3.8, 4) is 0 Å². The maximum absolute atomic E-state index is 13.5. The molecular formula is C15H13FNO2+. The maximum Gasteiger partial charge on any atom is 0.370 e. The van der Waals surface area contributed by atoms with E-state index >= 15 is 0 Å². The van der Waals surface area contributed by atoms with Crippen LogP contribution in [0.15, 0.2) is 48.7 Å².